The van der Waals surface area contributed by atoms with Crippen molar-refractivity contribution in [2.45, 2.75) is 64.4 Å². The molecule has 1 atom stereocenters. The lowest BCUT2D eigenvalue weighted by atomic mass is 9.98. The van der Waals surface area contributed by atoms with Crippen LogP contribution in [0.4, 0.5) is 0 Å². The van der Waals surface area contributed by atoms with Crippen molar-refractivity contribution in [3.63, 3.8) is 0 Å². The first kappa shape index (κ1) is 13.9. The van der Waals surface area contributed by atoms with Crippen LogP contribution >= 0.6 is 0 Å². The minimum absolute atomic E-state index is 0.113. The van der Waals surface area contributed by atoms with Gasteiger partial charge in [0.15, 0.2) is 5.60 Å². The van der Waals surface area contributed by atoms with Crippen molar-refractivity contribution in [3.8, 4) is 0 Å². The van der Waals surface area contributed by atoms with Gasteiger partial charge in [0.05, 0.1) is 0 Å². The molecule has 0 N–H and O–H groups in total. The molecular weight excluding hydrogens is 212 g/mol. The third kappa shape index (κ3) is 5.23. The molecule has 1 rings (SSSR count). The lowest BCUT2D eigenvalue weighted by Gasteiger charge is -2.31. The van der Waals surface area contributed by atoms with Crippen LogP contribution in [0.25, 0.3) is 0 Å². The average molecular weight is 234 g/mol. The molecule has 0 bridgehead atoms. The summed E-state index contributed by atoms with van der Waals surface area (Å²) >= 11 is 0. The Morgan fingerprint density at radius 3 is 2.56 bits per heavy atom. The molecule has 1 unspecified atom stereocenters. The van der Waals surface area contributed by atoms with Gasteiger partial charge < -0.3 is 5.26 Å². The predicted molar refractivity (Wildman–Crippen MR) is 55.6 cm³/mol. The highest BCUT2D eigenvalue weighted by molar-refractivity contribution is 4.73. The van der Waals surface area contributed by atoms with Crippen LogP contribution in [0.2, 0.25) is 0 Å². The Morgan fingerprint density at radius 1 is 1.19 bits per heavy atom. The van der Waals surface area contributed by atoms with E-state index in [1.54, 1.807) is 0 Å². The molecule has 1 fully saturated rings. The van der Waals surface area contributed by atoms with Crippen molar-refractivity contribution in [3.05, 3.63) is 0 Å². The fourth-order valence-electron chi connectivity index (χ4n) is 1.82. The van der Waals surface area contributed by atoms with E-state index in [-0.39, 0.29) is 6.61 Å². The molecule has 0 aliphatic carbocycles. The second-order valence-corrected chi connectivity index (χ2v) is 4.64. The first-order valence-electron chi connectivity index (χ1n) is 6.07. The van der Waals surface area contributed by atoms with Crippen molar-refractivity contribution in [2.75, 3.05) is 6.61 Å². The van der Waals surface area contributed by atoms with Crippen LogP contribution in [-0.2, 0) is 19.6 Å². The van der Waals surface area contributed by atoms with E-state index in [4.69, 9.17) is 4.89 Å². The predicted octanol–water partition coefficient (Wildman–Crippen LogP) is 2.13. The molecule has 0 saturated carbocycles. The molecule has 1 heterocycles. The third-order valence-corrected chi connectivity index (χ3v) is 2.82. The minimum Gasteiger partial charge on any atom is -0.484 e. The fourth-order valence-corrected chi connectivity index (χ4v) is 1.82. The van der Waals surface area contributed by atoms with Crippen molar-refractivity contribution in [1.29, 1.82) is 0 Å². The lowest BCUT2D eigenvalue weighted by molar-refractivity contribution is -0.988. The van der Waals surface area contributed by atoms with E-state index in [1.807, 2.05) is 6.92 Å². The molecular formula is C11H22O5. The zero-order chi connectivity index (χ0) is 11.9. The van der Waals surface area contributed by atoms with E-state index in [0.717, 1.165) is 12.8 Å². The summed E-state index contributed by atoms with van der Waals surface area (Å²) in [6, 6.07) is 0. The first-order valence-corrected chi connectivity index (χ1v) is 6.07. The Kier molecular flexibility index (Phi) is 6.23. The van der Waals surface area contributed by atoms with Crippen molar-refractivity contribution >= 4 is 0 Å². The van der Waals surface area contributed by atoms with Gasteiger partial charge in [-0.15, -0.1) is 0 Å². The maximum Gasteiger partial charge on any atom is 0.226 e. The van der Waals surface area contributed by atoms with Crippen LogP contribution in [0.5, 0.6) is 0 Å². The maximum atomic E-state index is 10.9. The summed E-state index contributed by atoms with van der Waals surface area (Å²) in [5.41, 5.74) is -0.574. The van der Waals surface area contributed by atoms with Crippen LogP contribution in [-0.4, -0.2) is 12.2 Å². The van der Waals surface area contributed by atoms with Crippen LogP contribution in [0, 0.1) is 0 Å². The molecule has 0 aromatic rings. The second-order valence-electron chi connectivity index (χ2n) is 4.64. The summed E-state index contributed by atoms with van der Waals surface area (Å²) in [5, 5.41) is 19.2. The van der Waals surface area contributed by atoms with Crippen molar-refractivity contribution in [1.82, 2.24) is 0 Å². The minimum atomic E-state index is -0.574. The Balaban J connectivity index is 2.06. The lowest BCUT2D eigenvalue weighted by Crippen LogP contribution is -2.47. The highest BCUT2D eigenvalue weighted by Crippen LogP contribution is 2.25. The highest BCUT2D eigenvalue weighted by Gasteiger charge is 2.38. The molecule has 96 valence electrons. The van der Waals surface area contributed by atoms with Gasteiger partial charge in [-0.2, -0.15) is 4.89 Å². The summed E-state index contributed by atoms with van der Waals surface area (Å²) in [5.74, 6) is 0. The highest BCUT2D eigenvalue weighted by atomic mass is 17.8. The molecule has 1 aliphatic heterocycles. The topological polar surface area (TPSA) is 53.5 Å². The summed E-state index contributed by atoms with van der Waals surface area (Å²) in [4.78, 5) is 4.98. The number of unbranched alkanes of at least 4 members (excludes halogenated alkanes) is 5. The summed E-state index contributed by atoms with van der Waals surface area (Å²) in [6.45, 7) is 4.16. The Hall–Kier alpha value is -0.200. The average Bonchev–Trinajstić information content (AvgIpc) is 2.23. The van der Waals surface area contributed by atoms with Gasteiger partial charge in [0.1, 0.15) is 5.04 Å². The molecule has 16 heavy (non-hydrogen) atoms. The standard InChI is InChI=1S/C11H22O5/c1-3-4-5-6-7-8-9-11(2)10-16(12)15-14-13-11/h3-10H2,1-2H3. The van der Waals surface area contributed by atoms with E-state index in [1.165, 1.54) is 36.8 Å². The number of hydrogen-bond acceptors (Lipinski definition) is 4. The van der Waals surface area contributed by atoms with Crippen molar-refractivity contribution < 1.29 is 24.9 Å². The largest absolute Gasteiger partial charge is 0.484 e. The van der Waals surface area contributed by atoms with Crippen LogP contribution in [0.15, 0.2) is 0 Å². The Morgan fingerprint density at radius 2 is 1.88 bits per heavy atom. The monoisotopic (exact) mass is 234 g/mol. The zero-order valence-corrected chi connectivity index (χ0v) is 10.2. The van der Waals surface area contributed by atoms with Gasteiger partial charge in [-0.1, -0.05) is 45.4 Å². The summed E-state index contributed by atoms with van der Waals surface area (Å²) in [7, 11) is 0. The zero-order valence-electron chi connectivity index (χ0n) is 10.2. The Labute approximate surface area is 96.7 Å². The number of hydrogen-bond donors (Lipinski definition) is 0. The van der Waals surface area contributed by atoms with E-state index >= 15 is 0 Å². The van der Waals surface area contributed by atoms with E-state index < -0.39 is 5.60 Å². The fraction of sp³-hybridized carbons (Fsp3) is 1.00. The molecule has 5 heteroatoms. The molecule has 1 saturated heterocycles. The number of rotatable bonds is 7. The molecule has 0 spiro atoms. The maximum absolute atomic E-state index is 10.9. The van der Waals surface area contributed by atoms with Crippen molar-refractivity contribution in [2.24, 2.45) is 0 Å². The van der Waals surface area contributed by atoms with E-state index in [2.05, 4.69) is 17.0 Å². The molecule has 0 radical (unpaired) electrons. The third-order valence-electron chi connectivity index (χ3n) is 2.82. The molecule has 0 aromatic heterocycles. The molecule has 0 amide bonds. The first-order chi connectivity index (χ1) is 7.66. The van der Waals surface area contributed by atoms with Gasteiger partial charge in [0.2, 0.25) is 6.61 Å². The van der Waals surface area contributed by atoms with Gasteiger partial charge in [0, 0.05) is 5.04 Å². The summed E-state index contributed by atoms with van der Waals surface area (Å²) in [6.07, 6.45) is 8.10. The van der Waals surface area contributed by atoms with Crippen LogP contribution in [0.3, 0.4) is 0 Å². The molecule has 5 nitrogen and oxygen atoms in total. The summed E-state index contributed by atoms with van der Waals surface area (Å²) < 4.78 is 1.18. The van der Waals surface area contributed by atoms with Gasteiger partial charge in [-0.25, -0.2) is 4.67 Å². The molecule has 0 aromatic carbocycles. The van der Waals surface area contributed by atoms with Gasteiger partial charge in [0.25, 0.3) is 0 Å². The van der Waals surface area contributed by atoms with E-state index in [9.17, 15) is 5.26 Å². The Bertz CT molecular complexity index is 187. The molecule has 1 aliphatic rings. The van der Waals surface area contributed by atoms with Gasteiger partial charge >= 0.3 is 0 Å². The van der Waals surface area contributed by atoms with Gasteiger partial charge in [-0.05, 0) is 13.3 Å². The quantitative estimate of drug-likeness (QED) is 0.384. The van der Waals surface area contributed by atoms with E-state index in [0.29, 0.717) is 0 Å². The normalized spacial score (nSPS) is 27.2. The van der Waals surface area contributed by atoms with Crippen LogP contribution in [0.1, 0.15) is 58.8 Å². The SMILES string of the molecule is CCCCCCCCC1(C)C[O+]([O-])OOO1. The van der Waals surface area contributed by atoms with Crippen LogP contribution < -0.4 is 5.26 Å². The second kappa shape index (κ2) is 7.19. The smallest absolute Gasteiger partial charge is 0.226 e. The van der Waals surface area contributed by atoms with Gasteiger partial charge in [-0.3, -0.25) is 0 Å².